The van der Waals surface area contributed by atoms with Gasteiger partial charge in [0.05, 0.1) is 0 Å². The van der Waals surface area contributed by atoms with E-state index < -0.39 is 40.7 Å². The maximum absolute atomic E-state index is 8.76. The summed E-state index contributed by atoms with van der Waals surface area (Å²) in [6, 6.07) is 27.3. The van der Waals surface area contributed by atoms with Crippen molar-refractivity contribution in [2.45, 2.75) is 60.8 Å². The first-order valence-corrected chi connectivity index (χ1v) is 16.6. The molecule has 223 valence electrons. The Hall–Kier alpha value is -3.37. The quantitative estimate of drug-likeness (QED) is 0.136. The van der Waals surface area contributed by atoms with Gasteiger partial charge < -0.3 is 14.4 Å². The molecule has 0 atom stereocenters. The van der Waals surface area contributed by atoms with Crippen LogP contribution < -0.4 is 9.61 Å². The Morgan fingerprint density at radius 2 is 1.56 bits per heavy atom. The molecule has 0 bridgehead atoms. The molecule has 0 spiro atoms. The topological polar surface area (TPSA) is 35.0 Å². The Labute approximate surface area is 287 Å². The van der Waals surface area contributed by atoms with Crippen molar-refractivity contribution in [3.63, 3.8) is 0 Å². The molecule has 1 aliphatic heterocycles. The fourth-order valence-electron chi connectivity index (χ4n) is 4.72. The van der Waals surface area contributed by atoms with Crippen molar-refractivity contribution >= 4 is 13.5 Å². The number of para-hydroxylation sites is 1. The van der Waals surface area contributed by atoms with Crippen molar-refractivity contribution in [1.29, 1.82) is 0 Å². The number of rotatable bonds is 3. The third-order valence-corrected chi connectivity index (χ3v) is 9.12. The van der Waals surface area contributed by atoms with Crippen LogP contribution >= 0.6 is 0 Å². The van der Waals surface area contributed by atoms with Crippen LogP contribution in [-0.4, -0.2) is 18.3 Å². The first kappa shape index (κ1) is 20.6. The summed E-state index contributed by atoms with van der Waals surface area (Å²) in [4.78, 5) is 8.50. The number of hydrogen-bond acceptors (Lipinski definition) is 3. The van der Waals surface area contributed by atoms with E-state index in [-0.39, 0.29) is 42.4 Å². The molecule has 43 heavy (non-hydrogen) atoms. The minimum atomic E-state index is -2.47. The van der Waals surface area contributed by atoms with Crippen molar-refractivity contribution in [2.75, 3.05) is 0 Å². The molecule has 0 saturated carbocycles. The van der Waals surface area contributed by atoms with Crippen LogP contribution in [0.2, 0.25) is 13.1 Å². The molecule has 6 rings (SSSR count). The van der Waals surface area contributed by atoms with Gasteiger partial charge >= 0.3 is 0 Å². The van der Waals surface area contributed by atoms with E-state index in [1.54, 1.807) is 39.0 Å². The van der Waals surface area contributed by atoms with Gasteiger partial charge in [-0.3, -0.25) is 0 Å². The number of fused-ring (bicyclic) bond motifs is 3. The third kappa shape index (κ3) is 7.78. The van der Waals surface area contributed by atoms with Gasteiger partial charge in [-0.05, 0) is 72.7 Å². The molecule has 5 heteroatoms. The van der Waals surface area contributed by atoms with Crippen LogP contribution in [0.5, 0.6) is 5.75 Å². The van der Waals surface area contributed by atoms with Crippen LogP contribution in [0.1, 0.15) is 58.1 Å². The van der Waals surface area contributed by atoms with E-state index in [9.17, 15) is 0 Å². The van der Waals surface area contributed by atoms with E-state index in [2.05, 4.69) is 35.2 Å². The van der Waals surface area contributed by atoms with Gasteiger partial charge in [0.1, 0.15) is 5.75 Å². The SMILES string of the molecule is [2H]C([2H])([2H])c1c[c-]c(-c2ccc(C([2H])([2H])[2H])cn2)cc1.[2H]C([2H])([2H])c1cnc(-c2[c-]cc3c(c2)[Si](C)(C)Oc2ccccc2-3)cc1C([2H])([2H])C(C)(C)C.[Ir]. The van der Waals surface area contributed by atoms with E-state index in [0.29, 0.717) is 22.5 Å². The molecule has 1 aliphatic rings. The Balaban J connectivity index is 0.000000266. The van der Waals surface area contributed by atoms with Gasteiger partial charge in [0.15, 0.2) is 0 Å². The molecule has 5 aromatic rings. The van der Waals surface area contributed by atoms with Gasteiger partial charge in [-0.25, -0.2) is 0 Å². The van der Waals surface area contributed by atoms with Gasteiger partial charge in [0.25, 0.3) is 8.32 Å². The van der Waals surface area contributed by atoms with Gasteiger partial charge in [0, 0.05) is 47.6 Å². The number of hydrogen-bond donors (Lipinski definition) is 0. The molecule has 2 aromatic heterocycles. The summed E-state index contributed by atoms with van der Waals surface area (Å²) in [5.74, 6) is 0.878. The van der Waals surface area contributed by atoms with Crippen molar-refractivity contribution in [2.24, 2.45) is 5.41 Å². The third-order valence-electron chi connectivity index (χ3n) is 6.68. The van der Waals surface area contributed by atoms with Crippen LogP contribution in [-0.2, 0) is 26.5 Å². The van der Waals surface area contributed by atoms with Crippen molar-refractivity contribution < 1.29 is 39.6 Å². The van der Waals surface area contributed by atoms with E-state index in [4.69, 9.17) is 19.5 Å². The molecule has 3 heterocycles. The minimum absolute atomic E-state index is 0. The summed E-state index contributed by atoms with van der Waals surface area (Å²) in [5.41, 5.74) is 4.13. The smallest absolute Gasteiger partial charge is 0.259 e. The standard InChI is InChI=1S/C25H28NOSi.C13H12N.Ir/c1-17-16-26-22(13-19(17)15-25(2,3)4)18-11-12-21-20-9-7-8-10-23(20)27-28(5,6)24(21)14-18;1-10-3-6-12(7-4-10)13-8-5-11(2)9-14-13;/h7-10,12-14,16H,15H2,1-6H3;3-6,8-9H,1-2H3;/q2*-1;/i1D3,15D2;1D3,2D3;. The molecule has 3 aromatic carbocycles. The van der Waals surface area contributed by atoms with Crippen LogP contribution in [0.3, 0.4) is 0 Å². The van der Waals surface area contributed by atoms with E-state index in [0.717, 1.165) is 22.1 Å². The molecular weight excluding hydrogens is 721 g/mol. The monoisotopic (exact) mass is 772 g/mol. The van der Waals surface area contributed by atoms with E-state index >= 15 is 0 Å². The molecule has 0 unspecified atom stereocenters. The fraction of sp³-hybridized carbons (Fsp3) is 0.263. The van der Waals surface area contributed by atoms with Crippen LogP contribution in [0.25, 0.3) is 33.6 Å². The first-order chi connectivity index (χ1) is 24.3. The average molecular weight is 772 g/mol. The Morgan fingerprint density at radius 3 is 2.23 bits per heavy atom. The van der Waals surface area contributed by atoms with Gasteiger partial charge in [-0.15, -0.1) is 59.2 Å². The number of nitrogens with zero attached hydrogens (tertiary/aromatic N) is 2. The second-order valence-electron chi connectivity index (χ2n) is 11.7. The number of benzene rings is 3. The normalized spacial score (nSPS) is 17.9. The Bertz CT molecular complexity index is 2050. The molecule has 1 radical (unpaired) electrons. The molecular formula is C38H40IrN2OSi-2. The van der Waals surface area contributed by atoms with Gasteiger partial charge in [-0.2, -0.15) is 0 Å². The molecule has 3 nitrogen and oxygen atoms in total. The van der Waals surface area contributed by atoms with Crippen molar-refractivity contribution in [3.05, 3.63) is 120 Å². The maximum atomic E-state index is 8.76. The predicted octanol–water partition coefficient (Wildman–Crippen LogP) is 9.08. The van der Waals surface area contributed by atoms with Gasteiger partial charge in [-0.1, -0.05) is 80.3 Å². The summed E-state index contributed by atoms with van der Waals surface area (Å²) in [5, 5.41) is 1.11. The molecule has 0 aliphatic carbocycles. The zero-order valence-electron chi connectivity index (χ0n) is 35.7. The summed E-state index contributed by atoms with van der Waals surface area (Å²) in [6.45, 7) is 2.78. The van der Waals surface area contributed by atoms with Crippen LogP contribution in [0, 0.1) is 38.1 Å². The zero-order valence-corrected chi connectivity index (χ0v) is 28.1. The molecule has 0 N–H and O–H groups in total. The fourth-order valence-corrected chi connectivity index (χ4v) is 6.90. The van der Waals surface area contributed by atoms with Crippen molar-refractivity contribution in [3.8, 4) is 39.4 Å². The van der Waals surface area contributed by atoms with Crippen LogP contribution in [0.15, 0.2) is 85.2 Å². The molecule has 0 amide bonds. The number of pyridine rings is 2. The predicted molar refractivity (Wildman–Crippen MR) is 178 cm³/mol. The average Bonchev–Trinajstić information content (AvgIpc) is 3.06. The number of aromatic nitrogens is 2. The maximum Gasteiger partial charge on any atom is 0.259 e. The molecule has 0 fully saturated rings. The minimum Gasteiger partial charge on any atom is -0.541 e. The van der Waals surface area contributed by atoms with E-state index in [1.807, 2.05) is 36.4 Å². The summed E-state index contributed by atoms with van der Waals surface area (Å²) in [7, 11) is -2.26. The van der Waals surface area contributed by atoms with Crippen molar-refractivity contribution in [1.82, 2.24) is 9.97 Å². The number of aryl methyl sites for hydroxylation is 3. The zero-order chi connectivity index (χ0) is 39.4. The first-order valence-electron chi connectivity index (χ1n) is 19.2. The van der Waals surface area contributed by atoms with Crippen LogP contribution in [0.4, 0.5) is 0 Å². The second-order valence-corrected chi connectivity index (χ2v) is 15.5. The molecule has 0 saturated heterocycles. The largest absolute Gasteiger partial charge is 0.541 e. The Morgan fingerprint density at radius 1 is 0.814 bits per heavy atom. The van der Waals surface area contributed by atoms with Gasteiger partial charge in [0.2, 0.25) is 0 Å². The summed E-state index contributed by atoms with van der Waals surface area (Å²) < 4.78 is 91.3. The van der Waals surface area contributed by atoms with E-state index in [1.165, 1.54) is 30.6 Å². The summed E-state index contributed by atoms with van der Waals surface area (Å²) in [6.07, 6.45) is 0.718. The summed E-state index contributed by atoms with van der Waals surface area (Å²) >= 11 is 0. The Kier molecular flexibility index (Phi) is 6.26. The second kappa shape index (κ2) is 13.1.